The maximum Gasteiger partial charge on any atom is 0.421 e. The van der Waals surface area contributed by atoms with E-state index in [2.05, 4.69) is 25.9 Å². The number of carboxylic acids is 1. The fourth-order valence-corrected chi connectivity index (χ4v) is 3.48. The Bertz CT molecular complexity index is 1220. The van der Waals surface area contributed by atoms with Gasteiger partial charge in [0.05, 0.1) is 23.9 Å². The van der Waals surface area contributed by atoms with Gasteiger partial charge in [-0.1, -0.05) is 0 Å². The summed E-state index contributed by atoms with van der Waals surface area (Å²) in [5, 5.41) is 9.85. The summed E-state index contributed by atoms with van der Waals surface area (Å²) in [6, 6.07) is 7.93. The summed E-state index contributed by atoms with van der Waals surface area (Å²) in [7, 11) is 1.43. The number of methoxy groups -OCH3 is 1. The smallest absolute Gasteiger partial charge is 0.421 e. The molecule has 0 fully saturated rings. The van der Waals surface area contributed by atoms with Gasteiger partial charge in [0.25, 0.3) is 5.91 Å². The molecule has 0 spiro atoms. The Morgan fingerprint density at radius 1 is 1.17 bits per heavy atom. The molecule has 3 aromatic rings. The lowest BCUT2D eigenvalue weighted by molar-refractivity contribution is -0.138. The first-order valence-electron chi connectivity index (χ1n) is 10.0. The predicted molar refractivity (Wildman–Crippen MR) is 123 cm³/mol. The molecule has 184 valence electrons. The van der Waals surface area contributed by atoms with Gasteiger partial charge in [0.2, 0.25) is 5.88 Å². The van der Waals surface area contributed by atoms with E-state index in [0.29, 0.717) is 4.47 Å². The third-order valence-corrected chi connectivity index (χ3v) is 5.23. The largest absolute Gasteiger partial charge is 0.478 e. The van der Waals surface area contributed by atoms with E-state index in [1.54, 1.807) is 13.0 Å². The van der Waals surface area contributed by atoms with Gasteiger partial charge in [0.15, 0.2) is 0 Å². The second kappa shape index (κ2) is 10.8. The normalized spacial score (nSPS) is 12.2. The Hall–Kier alpha value is -3.51. The van der Waals surface area contributed by atoms with Crippen molar-refractivity contribution in [1.82, 2.24) is 9.97 Å². The molecule has 0 aliphatic rings. The van der Waals surface area contributed by atoms with Crippen molar-refractivity contribution >= 4 is 33.5 Å². The van der Waals surface area contributed by atoms with Gasteiger partial charge in [-0.05, 0) is 65.3 Å². The number of anilines is 1. The molecule has 0 bridgehead atoms. The lowest BCUT2D eigenvalue weighted by Gasteiger charge is -2.30. The molecule has 0 aliphatic carbocycles. The van der Waals surface area contributed by atoms with Crippen molar-refractivity contribution in [1.29, 1.82) is 0 Å². The van der Waals surface area contributed by atoms with Gasteiger partial charge in [-0.3, -0.25) is 4.79 Å². The number of carbonyl (C=O) groups excluding carboxylic acids is 1. The lowest BCUT2D eigenvalue weighted by Crippen LogP contribution is -2.42. The second-order valence-electron chi connectivity index (χ2n) is 7.28. The molecule has 1 aromatic carbocycles. The fraction of sp³-hybridized carbons (Fsp3) is 0.217. The maximum atomic E-state index is 13.3. The molecular weight excluding hydrogens is 535 g/mol. The zero-order valence-electron chi connectivity index (χ0n) is 18.4. The topological polar surface area (TPSA) is 102 Å². The van der Waals surface area contributed by atoms with Crippen molar-refractivity contribution < 1.29 is 37.3 Å². The van der Waals surface area contributed by atoms with Crippen LogP contribution in [-0.4, -0.2) is 46.7 Å². The molecule has 1 atom stereocenters. The first-order valence-corrected chi connectivity index (χ1v) is 10.8. The Morgan fingerprint density at radius 3 is 2.51 bits per heavy atom. The van der Waals surface area contributed by atoms with Crippen LogP contribution in [-0.2, 0) is 10.9 Å². The van der Waals surface area contributed by atoms with Crippen LogP contribution in [0.5, 0.6) is 11.6 Å². The summed E-state index contributed by atoms with van der Waals surface area (Å²) in [4.78, 5) is 34.3. The Labute approximate surface area is 206 Å². The first-order chi connectivity index (χ1) is 16.5. The van der Waals surface area contributed by atoms with Gasteiger partial charge in [0, 0.05) is 24.0 Å². The van der Waals surface area contributed by atoms with E-state index in [4.69, 9.17) is 9.47 Å². The van der Waals surface area contributed by atoms with Crippen LogP contribution in [0.25, 0.3) is 0 Å². The van der Waals surface area contributed by atoms with Crippen LogP contribution in [0.4, 0.5) is 18.9 Å². The van der Waals surface area contributed by atoms with Gasteiger partial charge in [-0.15, -0.1) is 0 Å². The van der Waals surface area contributed by atoms with E-state index >= 15 is 0 Å². The number of halogens is 4. The Morgan fingerprint density at radius 2 is 1.91 bits per heavy atom. The molecule has 0 unspecified atom stereocenters. The van der Waals surface area contributed by atoms with Gasteiger partial charge >= 0.3 is 12.1 Å². The molecule has 35 heavy (non-hydrogen) atoms. The van der Waals surface area contributed by atoms with E-state index in [1.165, 1.54) is 36.4 Å². The van der Waals surface area contributed by atoms with Crippen LogP contribution < -0.4 is 9.64 Å². The van der Waals surface area contributed by atoms with E-state index < -0.39 is 35.5 Å². The molecule has 1 amide bonds. The zero-order valence-corrected chi connectivity index (χ0v) is 20.0. The summed E-state index contributed by atoms with van der Waals surface area (Å²) in [6.45, 7) is 1.72. The number of amides is 1. The van der Waals surface area contributed by atoms with E-state index in [1.807, 2.05) is 0 Å². The molecule has 12 heteroatoms. The van der Waals surface area contributed by atoms with Crippen molar-refractivity contribution in [3.8, 4) is 11.6 Å². The fourth-order valence-electron chi connectivity index (χ4n) is 3.25. The molecular formula is C23H19BrF3N3O5. The summed E-state index contributed by atoms with van der Waals surface area (Å²) in [6.07, 6.45) is -2.18. The molecule has 1 N–H and O–H groups in total. The van der Waals surface area contributed by atoms with E-state index in [9.17, 15) is 27.9 Å². The number of rotatable bonds is 8. The third kappa shape index (κ3) is 6.14. The van der Waals surface area contributed by atoms with Gasteiger partial charge in [-0.2, -0.15) is 13.2 Å². The van der Waals surface area contributed by atoms with Gasteiger partial charge < -0.3 is 19.5 Å². The minimum atomic E-state index is -4.73. The molecule has 3 rings (SSSR count). The highest BCUT2D eigenvalue weighted by molar-refractivity contribution is 9.10. The Kier molecular flexibility index (Phi) is 8.07. The Balaban J connectivity index is 2.06. The number of hydrogen-bond acceptors (Lipinski definition) is 6. The van der Waals surface area contributed by atoms with Gasteiger partial charge in [0.1, 0.15) is 17.0 Å². The number of nitrogens with zero attached hydrogens (tertiary/aromatic N) is 3. The number of hydrogen-bond donors (Lipinski definition) is 1. The number of alkyl halides is 3. The molecule has 2 heterocycles. The summed E-state index contributed by atoms with van der Waals surface area (Å²) in [5.74, 6) is -2.95. The minimum absolute atomic E-state index is 0.0128. The van der Waals surface area contributed by atoms with Crippen LogP contribution in [0.1, 0.15) is 33.3 Å². The van der Waals surface area contributed by atoms with Crippen molar-refractivity contribution in [3.05, 3.63) is 76.2 Å². The number of pyridine rings is 2. The monoisotopic (exact) mass is 553 g/mol. The van der Waals surface area contributed by atoms with Crippen LogP contribution >= 0.6 is 15.9 Å². The van der Waals surface area contributed by atoms with E-state index in [-0.39, 0.29) is 29.3 Å². The van der Waals surface area contributed by atoms with Crippen molar-refractivity contribution in [2.24, 2.45) is 0 Å². The predicted octanol–water partition coefficient (Wildman–Crippen LogP) is 5.43. The zero-order chi connectivity index (χ0) is 25.8. The summed E-state index contributed by atoms with van der Waals surface area (Å²) in [5.41, 5.74) is -1.45. The second-order valence-corrected chi connectivity index (χ2v) is 8.20. The lowest BCUT2D eigenvalue weighted by atomic mass is 10.1. The van der Waals surface area contributed by atoms with Crippen molar-refractivity contribution in [3.63, 3.8) is 0 Å². The van der Waals surface area contributed by atoms with Crippen LogP contribution in [0.15, 0.2) is 59.3 Å². The number of aromatic nitrogens is 2. The highest BCUT2D eigenvalue weighted by Crippen LogP contribution is 2.37. The maximum absolute atomic E-state index is 13.3. The van der Waals surface area contributed by atoms with Crippen molar-refractivity contribution in [2.75, 3.05) is 18.6 Å². The number of carboxylic acid groups (broad SMARTS) is 1. The molecule has 0 saturated carbocycles. The molecule has 8 nitrogen and oxygen atoms in total. The number of carbonyl (C=O) groups is 2. The van der Waals surface area contributed by atoms with Crippen LogP contribution in [0, 0.1) is 0 Å². The van der Waals surface area contributed by atoms with Crippen LogP contribution in [0.3, 0.4) is 0 Å². The van der Waals surface area contributed by atoms with Crippen LogP contribution in [0.2, 0.25) is 0 Å². The molecule has 0 aliphatic heterocycles. The quantitative estimate of drug-likeness (QED) is 0.396. The number of ether oxygens (including phenoxy) is 2. The summed E-state index contributed by atoms with van der Waals surface area (Å²) >= 11 is 3.24. The van der Waals surface area contributed by atoms with Gasteiger partial charge in [-0.25, -0.2) is 14.8 Å². The minimum Gasteiger partial charge on any atom is -0.478 e. The SMILES string of the molecule is COC[C@H](C)N(C(=O)c1ccc(Br)cn1)c1ccc(Oc2ncccc2C(F)(F)F)cc1C(=O)O. The third-order valence-electron chi connectivity index (χ3n) is 4.76. The molecule has 0 radical (unpaired) electrons. The standard InChI is InChI=1S/C23H19BrF3N3O5/c1-13(12-34-2)30(21(31)18-7-5-14(24)11-29-18)19-8-6-15(10-16(19)22(32)33)35-20-17(23(25,26)27)4-3-9-28-20/h3-11,13H,12H2,1-2H3,(H,32,33)/t13-/m0/s1. The number of benzene rings is 1. The molecule has 0 saturated heterocycles. The van der Waals surface area contributed by atoms with E-state index in [0.717, 1.165) is 24.4 Å². The average Bonchev–Trinajstić information content (AvgIpc) is 2.80. The first kappa shape index (κ1) is 26.1. The average molecular weight is 554 g/mol. The van der Waals surface area contributed by atoms with Crippen molar-refractivity contribution in [2.45, 2.75) is 19.1 Å². The highest BCUT2D eigenvalue weighted by Gasteiger charge is 2.35. The summed E-state index contributed by atoms with van der Waals surface area (Å²) < 4.78 is 50.9. The highest BCUT2D eigenvalue weighted by atomic mass is 79.9. The number of aromatic carboxylic acids is 1. The molecule has 2 aromatic heterocycles.